The van der Waals surface area contributed by atoms with E-state index in [-0.39, 0.29) is 6.04 Å². The Bertz CT molecular complexity index is 126. The second kappa shape index (κ2) is 5.09. The molecule has 0 aromatic rings. The van der Waals surface area contributed by atoms with Crippen LogP contribution in [0.15, 0.2) is 5.11 Å². The minimum atomic E-state index is 0.189. The third-order valence-corrected chi connectivity index (χ3v) is 1.65. The van der Waals surface area contributed by atoms with Crippen molar-refractivity contribution in [3.63, 3.8) is 0 Å². The Labute approximate surface area is 61.0 Å². The van der Waals surface area contributed by atoms with Crippen molar-refractivity contribution in [2.24, 2.45) is 16.8 Å². The molecule has 10 heavy (non-hydrogen) atoms. The Morgan fingerprint density at radius 3 is 2.60 bits per heavy atom. The standard InChI is InChI=1S/C6H14N4/c1-5(6(2)7)3-4-9-10-8/h5-6H,3-4,7H2,1-2H3/t5-,6-/m0/s1. The third-order valence-electron chi connectivity index (χ3n) is 1.65. The van der Waals surface area contributed by atoms with Crippen LogP contribution in [0.25, 0.3) is 10.4 Å². The molecule has 2 N–H and O–H groups in total. The van der Waals surface area contributed by atoms with Crippen molar-refractivity contribution in [3.05, 3.63) is 10.4 Å². The van der Waals surface area contributed by atoms with Gasteiger partial charge in [-0.3, -0.25) is 0 Å². The molecule has 0 spiro atoms. The number of hydrogen-bond acceptors (Lipinski definition) is 2. The van der Waals surface area contributed by atoms with Gasteiger partial charge in [0.05, 0.1) is 0 Å². The molecule has 4 nitrogen and oxygen atoms in total. The molecule has 0 aliphatic carbocycles. The zero-order chi connectivity index (χ0) is 7.98. The van der Waals surface area contributed by atoms with Crippen molar-refractivity contribution in [1.82, 2.24) is 0 Å². The molecule has 0 aliphatic rings. The van der Waals surface area contributed by atoms with Gasteiger partial charge in [-0.1, -0.05) is 12.0 Å². The zero-order valence-electron chi connectivity index (χ0n) is 6.49. The SMILES string of the molecule is C[C@H](N)[C@@H](C)CCN=[N+]=[N-]. The van der Waals surface area contributed by atoms with Gasteiger partial charge in [-0.25, -0.2) is 0 Å². The summed E-state index contributed by atoms with van der Waals surface area (Å²) >= 11 is 0. The minimum Gasteiger partial charge on any atom is -0.328 e. The highest BCUT2D eigenvalue weighted by Crippen LogP contribution is 2.04. The van der Waals surface area contributed by atoms with Crippen LogP contribution in [0.2, 0.25) is 0 Å². The van der Waals surface area contributed by atoms with Gasteiger partial charge < -0.3 is 5.73 Å². The fourth-order valence-corrected chi connectivity index (χ4v) is 0.569. The van der Waals surface area contributed by atoms with Crippen molar-refractivity contribution in [2.75, 3.05) is 6.54 Å². The number of hydrogen-bond donors (Lipinski definition) is 1. The van der Waals surface area contributed by atoms with Gasteiger partial charge >= 0.3 is 0 Å². The van der Waals surface area contributed by atoms with Crippen LogP contribution in [-0.2, 0) is 0 Å². The predicted octanol–water partition coefficient (Wildman–Crippen LogP) is 1.67. The van der Waals surface area contributed by atoms with Crippen LogP contribution in [-0.4, -0.2) is 12.6 Å². The second-order valence-electron chi connectivity index (χ2n) is 2.58. The number of nitrogens with two attached hydrogens (primary N) is 1. The van der Waals surface area contributed by atoms with Crippen LogP contribution in [0.5, 0.6) is 0 Å². The lowest BCUT2D eigenvalue weighted by molar-refractivity contribution is 0.456. The van der Waals surface area contributed by atoms with E-state index < -0.39 is 0 Å². The average molecular weight is 142 g/mol. The molecule has 0 rings (SSSR count). The summed E-state index contributed by atoms with van der Waals surface area (Å²) in [5.41, 5.74) is 13.5. The fourth-order valence-electron chi connectivity index (χ4n) is 0.569. The lowest BCUT2D eigenvalue weighted by Gasteiger charge is -2.12. The summed E-state index contributed by atoms with van der Waals surface area (Å²) in [4.78, 5) is 2.65. The summed E-state index contributed by atoms with van der Waals surface area (Å²) in [6.45, 7) is 4.57. The second-order valence-corrected chi connectivity index (χ2v) is 2.58. The van der Waals surface area contributed by atoms with Crippen molar-refractivity contribution >= 4 is 0 Å². The van der Waals surface area contributed by atoms with E-state index in [4.69, 9.17) is 11.3 Å². The van der Waals surface area contributed by atoms with Crippen molar-refractivity contribution < 1.29 is 0 Å². The zero-order valence-corrected chi connectivity index (χ0v) is 6.49. The smallest absolute Gasteiger partial charge is 0.0261 e. The Hall–Kier alpha value is -0.730. The first-order valence-electron chi connectivity index (χ1n) is 3.45. The topological polar surface area (TPSA) is 74.8 Å². The van der Waals surface area contributed by atoms with Gasteiger partial charge in [0.15, 0.2) is 0 Å². The molecule has 0 aromatic carbocycles. The molecule has 0 amide bonds. The quantitative estimate of drug-likeness (QED) is 0.362. The van der Waals surface area contributed by atoms with Gasteiger partial charge in [0.2, 0.25) is 0 Å². The van der Waals surface area contributed by atoms with Crippen LogP contribution >= 0.6 is 0 Å². The maximum atomic E-state index is 7.94. The van der Waals surface area contributed by atoms with Crippen LogP contribution in [0, 0.1) is 5.92 Å². The first-order valence-corrected chi connectivity index (χ1v) is 3.45. The molecule has 0 unspecified atom stereocenters. The molecule has 0 radical (unpaired) electrons. The normalized spacial score (nSPS) is 15.5. The molecule has 0 fully saturated rings. The van der Waals surface area contributed by atoms with Gasteiger partial charge in [0.25, 0.3) is 0 Å². The first-order chi connectivity index (χ1) is 4.68. The predicted molar refractivity (Wildman–Crippen MR) is 41.4 cm³/mol. The van der Waals surface area contributed by atoms with Gasteiger partial charge in [0, 0.05) is 17.5 Å². The van der Waals surface area contributed by atoms with E-state index in [1.807, 2.05) is 6.92 Å². The monoisotopic (exact) mass is 142 g/mol. The van der Waals surface area contributed by atoms with Crippen molar-refractivity contribution in [2.45, 2.75) is 26.3 Å². The highest BCUT2D eigenvalue weighted by atomic mass is 15.1. The van der Waals surface area contributed by atoms with E-state index in [9.17, 15) is 0 Å². The average Bonchev–Trinajstić information content (AvgIpc) is 1.88. The van der Waals surface area contributed by atoms with Gasteiger partial charge in [-0.05, 0) is 24.8 Å². The fraction of sp³-hybridized carbons (Fsp3) is 1.00. The van der Waals surface area contributed by atoms with Crippen LogP contribution in [0.3, 0.4) is 0 Å². The first kappa shape index (κ1) is 9.27. The molecule has 0 bridgehead atoms. The summed E-state index contributed by atoms with van der Waals surface area (Å²) in [5, 5.41) is 3.42. The van der Waals surface area contributed by atoms with Gasteiger partial charge in [0.1, 0.15) is 0 Å². The summed E-state index contributed by atoms with van der Waals surface area (Å²) in [5.74, 6) is 0.436. The summed E-state index contributed by atoms with van der Waals surface area (Å²) in [7, 11) is 0. The lowest BCUT2D eigenvalue weighted by atomic mass is 10.0. The summed E-state index contributed by atoms with van der Waals surface area (Å²) in [6, 6.07) is 0.189. The molecule has 0 saturated heterocycles. The maximum Gasteiger partial charge on any atom is 0.0261 e. The third kappa shape index (κ3) is 4.18. The van der Waals surface area contributed by atoms with Crippen LogP contribution in [0.1, 0.15) is 20.3 Å². The highest BCUT2D eigenvalue weighted by Gasteiger charge is 2.04. The van der Waals surface area contributed by atoms with E-state index >= 15 is 0 Å². The van der Waals surface area contributed by atoms with E-state index in [2.05, 4.69) is 16.9 Å². The molecule has 2 atom stereocenters. The van der Waals surface area contributed by atoms with Crippen molar-refractivity contribution in [1.29, 1.82) is 0 Å². The van der Waals surface area contributed by atoms with E-state index in [0.29, 0.717) is 12.5 Å². The van der Waals surface area contributed by atoms with Crippen molar-refractivity contribution in [3.8, 4) is 0 Å². The maximum absolute atomic E-state index is 7.94. The minimum absolute atomic E-state index is 0.189. The van der Waals surface area contributed by atoms with Crippen LogP contribution < -0.4 is 5.73 Å². The largest absolute Gasteiger partial charge is 0.328 e. The summed E-state index contributed by atoms with van der Waals surface area (Å²) < 4.78 is 0. The van der Waals surface area contributed by atoms with Gasteiger partial charge in [-0.2, -0.15) is 0 Å². The Morgan fingerprint density at radius 2 is 2.20 bits per heavy atom. The molecule has 0 heterocycles. The Kier molecular flexibility index (Phi) is 4.72. The van der Waals surface area contributed by atoms with E-state index in [1.165, 1.54) is 0 Å². The van der Waals surface area contributed by atoms with E-state index in [0.717, 1.165) is 6.42 Å². The number of nitrogens with zero attached hydrogens (tertiary/aromatic N) is 3. The number of azide groups is 1. The molecule has 58 valence electrons. The molecule has 0 aliphatic heterocycles. The molecule has 0 saturated carbocycles. The molecule has 0 aromatic heterocycles. The summed E-state index contributed by atoms with van der Waals surface area (Å²) in [6.07, 6.45) is 0.877. The molecular formula is C6H14N4. The number of rotatable bonds is 4. The Balaban J connectivity index is 3.39. The van der Waals surface area contributed by atoms with Crippen LogP contribution in [0.4, 0.5) is 0 Å². The lowest BCUT2D eigenvalue weighted by Crippen LogP contribution is -2.24. The van der Waals surface area contributed by atoms with Gasteiger partial charge in [-0.15, -0.1) is 0 Å². The van der Waals surface area contributed by atoms with E-state index in [1.54, 1.807) is 0 Å². The molecular weight excluding hydrogens is 128 g/mol. The molecule has 4 heteroatoms. The highest BCUT2D eigenvalue weighted by molar-refractivity contribution is 4.64. The Morgan fingerprint density at radius 1 is 1.60 bits per heavy atom.